The third kappa shape index (κ3) is 3.22. The molecular weight excluding hydrogens is 373 g/mol. The molecule has 0 aromatic heterocycles. The van der Waals surface area contributed by atoms with Gasteiger partial charge in [-0.3, -0.25) is 9.59 Å². The van der Waals surface area contributed by atoms with Crippen LogP contribution >= 0.6 is 11.6 Å². The van der Waals surface area contributed by atoms with Crippen molar-refractivity contribution in [2.24, 2.45) is 11.8 Å². The van der Waals surface area contributed by atoms with Crippen molar-refractivity contribution in [2.45, 2.75) is 31.5 Å². The Hall–Kier alpha value is -1.70. The van der Waals surface area contributed by atoms with Gasteiger partial charge in [0.05, 0.1) is 0 Å². The molecule has 4 atom stereocenters. The van der Waals surface area contributed by atoms with Crippen LogP contribution in [0.3, 0.4) is 0 Å². The van der Waals surface area contributed by atoms with Crippen molar-refractivity contribution >= 4 is 23.4 Å². The molecule has 2 N–H and O–H groups in total. The van der Waals surface area contributed by atoms with Gasteiger partial charge < -0.3 is 20.2 Å². The molecule has 1 saturated carbocycles. The molecule has 27 heavy (non-hydrogen) atoms. The molecule has 1 aromatic rings. The first-order valence-electron chi connectivity index (χ1n) is 9.32. The lowest BCUT2D eigenvalue weighted by molar-refractivity contribution is -0.155. The Morgan fingerprint density at radius 2 is 2.07 bits per heavy atom. The number of nitrogens with zero attached hydrogens (tertiary/aromatic N) is 2. The summed E-state index contributed by atoms with van der Waals surface area (Å²) < 4.78 is 13.4. The van der Waals surface area contributed by atoms with Gasteiger partial charge in [0.1, 0.15) is 5.82 Å². The number of amides is 2. The average Bonchev–Trinajstić information content (AvgIpc) is 2.97. The normalized spacial score (nSPS) is 32.7. The van der Waals surface area contributed by atoms with E-state index in [4.69, 9.17) is 11.6 Å². The first kappa shape index (κ1) is 18.7. The van der Waals surface area contributed by atoms with Crippen LogP contribution in [0.15, 0.2) is 18.2 Å². The number of carbonyl (C=O) groups excluding carboxylic acids is 2. The average molecular weight is 396 g/mol. The summed E-state index contributed by atoms with van der Waals surface area (Å²) in [6.45, 7) is 5.45. The second-order valence-electron chi connectivity index (χ2n) is 7.74. The van der Waals surface area contributed by atoms with Crippen molar-refractivity contribution in [1.29, 1.82) is 0 Å². The zero-order chi connectivity index (χ0) is 19.3. The standard InChI is InChI=1S/C19H23ClFN3O3/c1-2-23-9-14-15(10-23)16(14)24-4-3-19(27,18(24)26)17(25)22-8-11-5-12(20)7-13(21)6-11/h5-7,14-16,27H,2-4,8-10H2,1H3,(H,22,25)/t14-,15+,16+,19?. The van der Waals surface area contributed by atoms with Crippen LogP contribution in [0.4, 0.5) is 4.39 Å². The van der Waals surface area contributed by atoms with Gasteiger partial charge in [-0.25, -0.2) is 4.39 Å². The second-order valence-corrected chi connectivity index (χ2v) is 8.18. The molecule has 1 aliphatic carbocycles. The molecule has 2 saturated heterocycles. The van der Waals surface area contributed by atoms with Gasteiger partial charge >= 0.3 is 0 Å². The summed E-state index contributed by atoms with van der Waals surface area (Å²) in [6, 6.07) is 4.10. The Labute approximate surface area is 162 Å². The van der Waals surface area contributed by atoms with Gasteiger partial charge in [0, 0.05) is 43.7 Å². The van der Waals surface area contributed by atoms with Crippen LogP contribution in [0, 0.1) is 17.7 Å². The maximum atomic E-state index is 13.4. The van der Waals surface area contributed by atoms with Gasteiger partial charge in [0.2, 0.25) is 5.60 Å². The highest BCUT2D eigenvalue weighted by molar-refractivity contribution is 6.30. The number of aliphatic hydroxyl groups is 1. The smallest absolute Gasteiger partial charge is 0.264 e. The van der Waals surface area contributed by atoms with Crippen molar-refractivity contribution in [3.63, 3.8) is 0 Å². The van der Waals surface area contributed by atoms with E-state index < -0.39 is 23.2 Å². The molecule has 1 unspecified atom stereocenters. The van der Waals surface area contributed by atoms with E-state index in [-0.39, 0.29) is 24.0 Å². The second kappa shape index (κ2) is 6.72. The SMILES string of the molecule is CCN1C[C@@H]2[C@H](C1)[C@H]2N1CCC(O)(C(=O)NCc2cc(F)cc(Cl)c2)C1=O. The highest BCUT2D eigenvalue weighted by Crippen LogP contribution is 2.50. The molecular formula is C19H23ClFN3O3. The van der Waals surface area contributed by atoms with E-state index in [1.165, 1.54) is 18.2 Å². The minimum atomic E-state index is -2.04. The van der Waals surface area contributed by atoms with E-state index in [2.05, 4.69) is 17.1 Å². The lowest BCUT2D eigenvalue weighted by Gasteiger charge is -2.25. The summed E-state index contributed by atoms with van der Waals surface area (Å²) in [6.07, 6.45) is 0.0784. The van der Waals surface area contributed by atoms with Crippen LogP contribution in [-0.4, -0.2) is 64.5 Å². The number of nitrogens with one attached hydrogen (secondary N) is 1. The number of rotatable bonds is 5. The van der Waals surface area contributed by atoms with Crippen molar-refractivity contribution in [2.75, 3.05) is 26.2 Å². The summed E-state index contributed by atoms with van der Waals surface area (Å²) in [5.74, 6) is -0.853. The molecule has 4 rings (SSSR count). The lowest BCUT2D eigenvalue weighted by Crippen LogP contribution is -2.53. The topological polar surface area (TPSA) is 72.9 Å². The van der Waals surface area contributed by atoms with Gasteiger partial charge in [-0.15, -0.1) is 0 Å². The van der Waals surface area contributed by atoms with Crippen LogP contribution in [0.5, 0.6) is 0 Å². The number of hydrogen-bond acceptors (Lipinski definition) is 4. The predicted octanol–water partition coefficient (Wildman–Crippen LogP) is 1.01. The van der Waals surface area contributed by atoms with E-state index in [9.17, 15) is 19.1 Å². The molecule has 0 bridgehead atoms. The number of likely N-dealkylation sites (tertiary alicyclic amines) is 2. The molecule has 2 heterocycles. The Balaban J connectivity index is 1.37. The molecule has 3 fully saturated rings. The van der Waals surface area contributed by atoms with Crippen molar-refractivity contribution in [3.05, 3.63) is 34.6 Å². The summed E-state index contributed by atoms with van der Waals surface area (Å²) in [5, 5.41) is 13.5. The van der Waals surface area contributed by atoms with Gasteiger partial charge in [0.25, 0.3) is 11.8 Å². The summed E-state index contributed by atoms with van der Waals surface area (Å²) in [5.41, 5.74) is -1.58. The number of benzene rings is 1. The molecule has 3 aliphatic rings. The number of hydrogen-bond donors (Lipinski definition) is 2. The van der Waals surface area contributed by atoms with E-state index in [0.717, 1.165) is 19.6 Å². The number of fused-ring (bicyclic) bond motifs is 1. The highest BCUT2D eigenvalue weighted by atomic mass is 35.5. The van der Waals surface area contributed by atoms with Gasteiger partial charge in [-0.1, -0.05) is 18.5 Å². The van der Waals surface area contributed by atoms with Crippen molar-refractivity contribution in [3.8, 4) is 0 Å². The van der Waals surface area contributed by atoms with Crippen LogP contribution in [0.1, 0.15) is 18.9 Å². The van der Waals surface area contributed by atoms with Gasteiger partial charge in [-0.2, -0.15) is 0 Å². The number of piperidine rings is 1. The van der Waals surface area contributed by atoms with Crippen LogP contribution in [-0.2, 0) is 16.1 Å². The molecule has 8 heteroatoms. The fraction of sp³-hybridized carbons (Fsp3) is 0.579. The molecule has 2 amide bonds. The number of carbonyl (C=O) groups is 2. The molecule has 2 aliphatic heterocycles. The van der Waals surface area contributed by atoms with Gasteiger partial charge in [0.15, 0.2) is 0 Å². The van der Waals surface area contributed by atoms with E-state index in [1.54, 1.807) is 4.90 Å². The van der Waals surface area contributed by atoms with Crippen molar-refractivity contribution < 1.29 is 19.1 Å². The van der Waals surface area contributed by atoms with E-state index in [0.29, 0.717) is 23.9 Å². The summed E-state index contributed by atoms with van der Waals surface area (Å²) in [4.78, 5) is 29.3. The molecule has 1 aromatic carbocycles. The first-order chi connectivity index (χ1) is 12.8. The molecule has 0 radical (unpaired) electrons. The lowest BCUT2D eigenvalue weighted by atomic mass is 10.0. The Morgan fingerprint density at radius 3 is 2.70 bits per heavy atom. The Bertz CT molecular complexity index is 759. The monoisotopic (exact) mass is 395 g/mol. The third-order valence-corrected chi connectivity index (χ3v) is 6.33. The largest absolute Gasteiger partial charge is 0.372 e. The summed E-state index contributed by atoms with van der Waals surface area (Å²) >= 11 is 5.80. The maximum Gasteiger partial charge on any atom is 0.264 e. The minimum Gasteiger partial charge on any atom is -0.372 e. The summed E-state index contributed by atoms with van der Waals surface area (Å²) in [7, 11) is 0. The predicted molar refractivity (Wildman–Crippen MR) is 97.4 cm³/mol. The van der Waals surface area contributed by atoms with Crippen molar-refractivity contribution in [1.82, 2.24) is 15.1 Å². The molecule has 6 nitrogen and oxygen atoms in total. The first-order valence-corrected chi connectivity index (χ1v) is 9.70. The maximum absolute atomic E-state index is 13.4. The van der Waals surface area contributed by atoms with Crippen LogP contribution < -0.4 is 5.32 Å². The zero-order valence-electron chi connectivity index (χ0n) is 15.1. The quantitative estimate of drug-likeness (QED) is 0.730. The van der Waals surface area contributed by atoms with E-state index >= 15 is 0 Å². The molecule has 146 valence electrons. The van der Waals surface area contributed by atoms with Gasteiger partial charge in [-0.05, 0) is 42.1 Å². The van der Waals surface area contributed by atoms with E-state index in [1.807, 2.05) is 0 Å². The fourth-order valence-corrected chi connectivity index (χ4v) is 4.81. The fourth-order valence-electron chi connectivity index (χ4n) is 4.57. The molecule has 0 spiro atoms. The zero-order valence-corrected chi connectivity index (χ0v) is 15.9. The van der Waals surface area contributed by atoms with Crippen LogP contribution in [0.25, 0.3) is 0 Å². The van der Waals surface area contributed by atoms with Crippen LogP contribution in [0.2, 0.25) is 5.02 Å². The highest BCUT2D eigenvalue weighted by Gasteiger charge is 2.63. The third-order valence-electron chi connectivity index (χ3n) is 6.11. The minimum absolute atomic E-state index is 0.00789. The number of halogens is 2. The Kier molecular flexibility index (Phi) is 4.64. The Morgan fingerprint density at radius 1 is 1.37 bits per heavy atom.